The number of aryl methyl sites for hydroxylation is 3. The Morgan fingerprint density at radius 1 is 1.06 bits per heavy atom. The fourth-order valence-electron chi connectivity index (χ4n) is 1.72. The number of nitrogens with zero attached hydrogens (tertiary/aromatic N) is 2. The van der Waals surface area contributed by atoms with Crippen LogP contribution in [0.15, 0.2) is 22.8 Å². The summed E-state index contributed by atoms with van der Waals surface area (Å²) in [6.45, 7) is 5.73. The molecular weight excluding hydrogens is 316 g/mol. The molecular formula is C13H12BrClN2O. The number of rotatable bonds is 2. The van der Waals surface area contributed by atoms with Crippen molar-refractivity contribution in [2.75, 3.05) is 0 Å². The summed E-state index contributed by atoms with van der Waals surface area (Å²) >= 11 is 9.31. The van der Waals surface area contributed by atoms with Gasteiger partial charge < -0.3 is 4.74 Å². The van der Waals surface area contributed by atoms with E-state index in [-0.39, 0.29) is 0 Å². The van der Waals surface area contributed by atoms with Gasteiger partial charge in [-0.15, -0.1) is 0 Å². The minimum absolute atomic E-state index is 0.517. The fourth-order valence-corrected chi connectivity index (χ4v) is 2.50. The topological polar surface area (TPSA) is 35.0 Å². The van der Waals surface area contributed by atoms with Crippen molar-refractivity contribution >= 4 is 27.5 Å². The Balaban J connectivity index is 2.40. The Morgan fingerprint density at radius 2 is 1.67 bits per heavy atom. The van der Waals surface area contributed by atoms with Crippen LogP contribution in [0.5, 0.6) is 11.6 Å². The SMILES string of the molecule is Cc1nc(Br)cc(Oc2c(C)cc(Cl)cc2C)n1. The van der Waals surface area contributed by atoms with Crippen LogP contribution >= 0.6 is 27.5 Å². The highest BCUT2D eigenvalue weighted by atomic mass is 79.9. The molecule has 0 aliphatic rings. The van der Waals surface area contributed by atoms with Crippen molar-refractivity contribution in [2.45, 2.75) is 20.8 Å². The molecule has 94 valence electrons. The Labute approximate surface area is 119 Å². The molecule has 0 N–H and O–H groups in total. The molecule has 1 aromatic heterocycles. The minimum atomic E-state index is 0.517. The van der Waals surface area contributed by atoms with Crippen molar-refractivity contribution in [2.24, 2.45) is 0 Å². The molecule has 0 unspecified atom stereocenters. The number of benzene rings is 1. The highest BCUT2D eigenvalue weighted by molar-refractivity contribution is 9.10. The van der Waals surface area contributed by atoms with E-state index in [1.165, 1.54) is 0 Å². The lowest BCUT2D eigenvalue weighted by Gasteiger charge is -2.11. The molecule has 18 heavy (non-hydrogen) atoms. The van der Waals surface area contributed by atoms with Gasteiger partial charge in [0.2, 0.25) is 5.88 Å². The van der Waals surface area contributed by atoms with E-state index in [1.807, 2.05) is 32.9 Å². The number of halogens is 2. The number of hydrogen-bond acceptors (Lipinski definition) is 3. The summed E-state index contributed by atoms with van der Waals surface area (Å²) in [5.41, 5.74) is 1.96. The van der Waals surface area contributed by atoms with Crippen molar-refractivity contribution in [3.05, 3.63) is 44.8 Å². The summed E-state index contributed by atoms with van der Waals surface area (Å²) in [6, 6.07) is 5.47. The average molecular weight is 328 g/mol. The first kappa shape index (κ1) is 13.3. The van der Waals surface area contributed by atoms with Crippen LogP contribution < -0.4 is 4.74 Å². The number of ether oxygens (including phenoxy) is 1. The van der Waals surface area contributed by atoms with Crippen molar-refractivity contribution in [1.82, 2.24) is 9.97 Å². The predicted octanol–water partition coefficient (Wildman–Crippen LogP) is 4.61. The summed E-state index contributed by atoms with van der Waals surface area (Å²) in [5.74, 6) is 1.95. The van der Waals surface area contributed by atoms with E-state index in [2.05, 4.69) is 25.9 Å². The Bertz CT molecular complexity index is 558. The first-order valence-corrected chi connectivity index (χ1v) is 6.58. The lowest BCUT2D eigenvalue weighted by atomic mass is 10.1. The second-order valence-corrected chi connectivity index (χ2v) is 5.30. The lowest BCUT2D eigenvalue weighted by Crippen LogP contribution is -1.96. The Kier molecular flexibility index (Phi) is 3.88. The van der Waals surface area contributed by atoms with E-state index in [9.17, 15) is 0 Å². The van der Waals surface area contributed by atoms with Gasteiger partial charge >= 0.3 is 0 Å². The summed E-state index contributed by atoms with van der Waals surface area (Å²) in [7, 11) is 0. The van der Waals surface area contributed by atoms with Gasteiger partial charge in [0, 0.05) is 11.1 Å². The molecule has 0 saturated carbocycles. The van der Waals surface area contributed by atoms with Crippen LogP contribution in [0.25, 0.3) is 0 Å². The van der Waals surface area contributed by atoms with Gasteiger partial charge in [-0.1, -0.05) is 11.6 Å². The van der Waals surface area contributed by atoms with Crippen molar-refractivity contribution in [1.29, 1.82) is 0 Å². The van der Waals surface area contributed by atoms with Crippen LogP contribution in [0.1, 0.15) is 17.0 Å². The quantitative estimate of drug-likeness (QED) is 0.756. The van der Waals surface area contributed by atoms with E-state index in [4.69, 9.17) is 16.3 Å². The molecule has 1 heterocycles. The predicted molar refractivity (Wildman–Crippen MR) is 75.5 cm³/mol. The summed E-state index contributed by atoms with van der Waals surface area (Å²) < 4.78 is 6.52. The largest absolute Gasteiger partial charge is 0.438 e. The van der Waals surface area contributed by atoms with Crippen LogP contribution in [-0.4, -0.2) is 9.97 Å². The summed E-state index contributed by atoms with van der Waals surface area (Å²) in [4.78, 5) is 8.38. The van der Waals surface area contributed by atoms with Gasteiger partial charge in [0.05, 0.1) is 0 Å². The molecule has 0 saturated heterocycles. The molecule has 0 aliphatic carbocycles. The van der Waals surface area contributed by atoms with Crippen molar-refractivity contribution < 1.29 is 4.74 Å². The van der Waals surface area contributed by atoms with Gasteiger partial charge in [-0.3, -0.25) is 0 Å². The molecule has 3 nitrogen and oxygen atoms in total. The molecule has 0 atom stereocenters. The van der Waals surface area contributed by atoms with Crippen LogP contribution in [-0.2, 0) is 0 Å². The number of aromatic nitrogens is 2. The maximum Gasteiger partial charge on any atom is 0.223 e. The molecule has 0 spiro atoms. The first-order chi connectivity index (χ1) is 8.45. The maximum absolute atomic E-state index is 5.99. The number of hydrogen-bond donors (Lipinski definition) is 0. The van der Waals surface area contributed by atoms with Crippen LogP contribution in [0.3, 0.4) is 0 Å². The molecule has 0 amide bonds. The molecule has 1 aromatic carbocycles. The highest BCUT2D eigenvalue weighted by Gasteiger charge is 2.09. The third-order valence-corrected chi connectivity index (χ3v) is 3.04. The average Bonchev–Trinajstić information content (AvgIpc) is 2.22. The Morgan fingerprint density at radius 3 is 2.22 bits per heavy atom. The van der Waals surface area contributed by atoms with Gasteiger partial charge in [-0.05, 0) is 60.0 Å². The van der Waals surface area contributed by atoms with Crippen LogP contribution in [0, 0.1) is 20.8 Å². The standard InChI is InChI=1S/C13H12BrClN2O/c1-7-4-10(15)5-8(2)13(7)18-12-6-11(14)16-9(3)17-12/h4-6H,1-3H3. The maximum atomic E-state index is 5.99. The zero-order chi connectivity index (χ0) is 13.3. The molecule has 2 rings (SSSR count). The highest BCUT2D eigenvalue weighted by Crippen LogP contribution is 2.31. The van der Waals surface area contributed by atoms with Gasteiger partial charge in [-0.25, -0.2) is 4.98 Å². The second kappa shape index (κ2) is 5.24. The van der Waals surface area contributed by atoms with Gasteiger partial charge in [0.15, 0.2) is 0 Å². The summed E-state index contributed by atoms with van der Waals surface area (Å²) in [5, 5.41) is 0.706. The van der Waals surface area contributed by atoms with E-state index in [1.54, 1.807) is 6.07 Å². The summed E-state index contributed by atoms with van der Waals surface area (Å²) in [6.07, 6.45) is 0. The lowest BCUT2D eigenvalue weighted by molar-refractivity contribution is 0.452. The Hall–Kier alpha value is -1.13. The van der Waals surface area contributed by atoms with E-state index < -0.39 is 0 Å². The molecule has 0 bridgehead atoms. The van der Waals surface area contributed by atoms with Crippen LogP contribution in [0.4, 0.5) is 0 Å². The fraction of sp³-hybridized carbons (Fsp3) is 0.231. The smallest absolute Gasteiger partial charge is 0.223 e. The molecule has 0 fully saturated rings. The van der Waals surface area contributed by atoms with E-state index in [0.717, 1.165) is 16.9 Å². The van der Waals surface area contributed by atoms with Gasteiger partial charge in [0.25, 0.3) is 0 Å². The normalized spacial score (nSPS) is 10.5. The third-order valence-electron chi connectivity index (χ3n) is 2.41. The van der Waals surface area contributed by atoms with Crippen LogP contribution in [0.2, 0.25) is 5.02 Å². The van der Waals surface area contributed by atoms with Crippen molar-refractivity contribution in [3.63, 3.8) is 0 Å². The molecule has 0 aliphatic heterocycles. The van der Waals surface area contributed by atoms with Gasteiger partial charge in [-0.2, -0.15) is 4.98 Å². The second-order valence-electron chi connectivity index (χ2n) is 4.05. The molecule has 5 heteroatoms. The zero-order valence-electron chi connectivity index (χ0n) is 10.3. The zero-order valence-corrected chi connectivity index (χ0v) is 12.6. The van der Waals surface area contributed by atoms with E-state index >= 15 is 0 Å². The molecule has 2 aromatic rings. The minimum Gasteiger partial charge on any atom is -0.438 e. The molecule has 0 radical (unpaired) electrons. The first-order valence-electron chi connectivity index (χ1n) is 5.41. The van der Waals surface area contributed by atoms with Gasteiger partial charge in [0.1, 0.15) is 16.2 Å². The monoisotopic (exact) mass is 326 g/mol. The third kappa shape index (κ3) is 3.00. The van der Waals surface area contributed by atoms with E-state index in [0.29, 0.717) is 21.3 Å². The van der Waals surface area contributed by atoms with Crippen molar-refractivity contribution in [3.8, 4) is 11.6 Å².